The summed E-state index contributed by atoms with van der Waals surface area (Å²) in [5.74, 6) is 0.677. The number of fused-ring (bicyclic) bond motifs is 1. The topological polar surface area (TPSA) is 82.2 Å². The molecule has 5 rings (SSSR count). The van der Waals surface area contributed by atoms with Crippen LogP contribution in [0.15, 0.2) is 102 Å². The van der Waals surface area contributed by atoms with Gasteiger partial charge in [0.05, 0.1) is 19.1 Å². The van der Waals surface area contributed by atoms with Crippen LogP contribution < -0.4 is 15.2 Å². The lowest BCUT2D eigenvalue weighted by molar-refractivity contribution is -0.119. The van der Waals surface area contributed by atoms with Crippen LogP contribution in [0.1, 0.15) is 17.5 Å². The van der Waals surface area contributed by atoms with E-state index in [0.717, 1.165) is 22.6 Å². The fourth-order valence-electron chi connectivity index (χ4n) is 4.12. The van der Waals surface area contributed by atoms with E-state index in [9.17, 15) is 9.59 Å². The lowest BCUT2D eigenvalue weighted by Crippen LogP contribution is -2.32. The van der Waals surface area contributed by atoms with Crippen molar-refractivity contribution in [3.05, 3.63) is 119 Å². The van der Waals surface area contributed by atoms with Crippen LogP contribution in [0.25, 0.3) is 11.0 Å². The predicted molar refractivity (Wildman–Crippen MR) is 142 cm³/mol. The van der Waals surface area contributed by atoms with Crippen molar-refractivity contribution in [1.82, 2.24) is 19.3 Å². The molecule has 0 N–H and O–H groups in total. The van der Waals surface area contributed by atoms with Crippen LogP contribution in [0, 0.1) is 0 Å². The molecule has 0 spiro atoms. The van der Waals surface area contributed by atoms with Crippen LogP contribution in [0.3, 0.4) is 0 Å². The summed E-state index contributed by atoms with van der Waals surface area (Å²) in [5.41, 5.74) is 3.19. The molecule has 0 fully saturated rings. The van der Waals surface area contributed by atoms with Gasteiger partial charge in [0, 0.05) is 25.7 Å². The van der Waals surface area contributed by atoms with E-state index in [4.69, 9.17) is 4.74 Å². The molecule has 8 nitrogen and oxygen atoms in total. The molecule has 8 heteroatoms. The van der Waals surface area contributed by atoms with Gasteiger partial charge < -0.3 is 9.64 Å². The highest BCUT2D eigenvalue weighted by atomic mass is 16.5. The van der Waals surface area contributed by atoms with Crippen molar-refractivity contribution >= 4 is 22.6 Å². The van der Waals surface area contributed by atoms with Crippen LogP contribution in [-0.2, 0) is 31.5 Å². The van der Waals surface area contributed by atoms with Gasteiger partial charge in [-0.3, -0.25) is 18.8 Å². The lowest BCUT2D eigenvalue weighted by Gasteiger charge is -2.23. The Kier molecular flexibility index (Phi) is 7.07. The SMILES string of the molecule is Cn1ncc2c(=O)n(CCC(=O)N(Cc3ccc(OCc4ccccc4)cc3)c3ccccc3)cnc21. The monoisotopic (exact) mass is 493 g/mol. The molecule has 0 aliphatic heterocycles. The first-order chi connectivity index (χ1) is 18.1. The van der Waals surface area contributed by atoms with Crippen LogP contribution >= 0.6 is 0 Å². The van der Waals surface area contributed by atoms with Crippen LogP contribution in [0.2, 0.25) is 0 Å². The third-order valence-electron chi connectivity index (χ3n) is 6.17. The van der Waals surface area contributed by atoms with Crippen LogP contribution in [0.4, 0.5) is 5.69 Å². The molecule has 2 heterocycles. The first-order valence-electron chi connectivity index (χ1n) is 12.1. The molecule has 5 aromatic rings. The largest absolute Gasteiger partial charge is 0.489 e. The van der Waals surface area contributed by atoms with Gasteiger partial charge in [-0.25, -0.2) is 4.98 Å². The number of anilines is 1. The number of carbonyl (C=O) groups excluding carboxylic acids is 1. The minimum atomic E-state index is -0.205. The Balaban J connectivity index is 1.28. The van der Waals surface area contributed by atoms with Gasteiger partial charge in [0.2, 0.25) is 5.91 Å². The Morgan fingerprint density at radius 1 is 0.919 bits per heavy atom. The zero-order valence-electron chi connectivity index (χ0n) is 20.5. The summed E-state index contributed by atoms with van der Waals surface area (Å²) in [5, 5.41) is 4.53. The molecule has 0 saturated heterocycles. The fraction of sp³-hybridized carbons (Fsp3) is 0.172. The summed E-state index contributed by atoms with van der Waals surface area (Å²) in [6.07, 6.45) is 3.13. The number of hydrogen-bond donors (Lipinski definition) is 0. The molecule has 0 atom stereocenters. The number of amides is 1. The van der Waals surface area contributed by atoms with Crippen molar-refractivity contribution < 1.29 is 9.53 Å². The molecule has 0 bridgehead atoms. The Bertz CT molecular complexity index is 1540. The molecule has 37 heavy (non-hydrogen) atoms. The smallest absolute Gasteiger partial charge is 0.264 e. The number of hydrogen-bond acceptors (Lipinski definition) is 5. The van der Waals surface area contributed by atoms with E-state index in [1.54, 1.807) is 16.6 Å². The van der Waals surface area contributed by atoms with Crippen molar-refractivity contribution in [3.63, 3.8) is 0 Å². The molecule has 0 unspecified atom stereocenters. The molecule has 0 saturated carbocycles. The molecule has 3 aromatic carbocycles. The molecule has 0 aliphatic carbocycles. The number of aryl methyl sites for hydroxylation is 2. The van der Waals surface area contributed by atoms with E-state index >= 15 is 0 Å². The first kappa shape index (κ1) is 24.0. The Hall–Kier alpha value is -4.72. The van der Waals surface area contributed by atoms with Crippen LogP contribution in [0.5, 0.6) is 5.75 Å². The van der Waals surface area contributed by atoms with Crippen molar-refractivity contribution in [2.45, 2.75) is 26.1 Å². The summed E-state index contributed by atoms with van der Waals surface area (Å²) < 4.78 is 8.91. The fourth-order valence-corrected chi connectivity index (χ4v) is 4.12. The second-order valence-corrected chi connectivity index (χ2v) is 8.73. The van der Waals surface area contributed by atoms with Gasteiger partial charge in [-0.1, -0.05) is 60.7 Å². The Morgan fingerprint density at radius 2 is 1.62 bits per heavy atom. The molecular formula is C29H27N5O3. The van der Waals surface area contributed by atoms with Gasteiger partial charge in [-0.05, 0) is 35.4 Å². The van der Waals surface area contributed by atoms with Crippen molar-refractivity contribution in [3.8, 4) is 5.75 Å². The van der Waals surface area contributed by atoms with E-state index in [0.29, 0.717) is 24.2 Å². The molecule has 0 aliphatic rings. The Morgan fingerprint density at radius 3 is 2.35 bits per heavy atom. The minimum absolute atomic E-state index is 0.0891. The van der Waals surface area contributed by atoms with E-state index in [-0.39, 0.29) is 24.4 Å². The number of carbonyl (C=O) groups is 1. The van der Waals surface area contributed by atoms with E-state index in [1.165, 1.54) is 17.1 Å². The number of nitrogens with zero attached hydrogens (tertiary/aromatic N) is 5. The molecular weight excluding hydrogens is 466 g/mol. The zero-order chi connectivity index (χ0) is 25.6. The molecule has 2 aromatic heterocycles. The minimum Gasteiger partial charge on any atom is -0.489 e. The predicted octanol–water partition coefficient (Wildman–Crippen LogP) is 4.33. The van der Waals surface area contributed by atoms with Gasteiger partial charge >= 0.3 is 0 Å². The van der Waals surface area contributed by atoms with Gasteiger partial charge in [0.15, 0.2) is 5.65 Å². The third kappa shape index (κ3) is 5.59. The summed E-state index contributed by atoms with van der Waals surface area (Å²) in [4.78, 5) is 32.2. The highest BCUT2D eigenvalue weighted by Gasteiger charge is 2.17. The Labute approximate surface area is 214 Å². The van der Waals surface area contributed by atoms with E-state index in [1.807, 2.05) is 84.9 Å². The summed E-state index contributed by atoms with van der Waals surface area (Å²) in [6.45, 7) is 1.12. The number of benzene rings is 3. The quantitative estimate of drug-likeness (QED) is 0.305. The second kappa shape index (κ2) is 10.9. The molecule has 1 amide bonds. The van der Waals surface area contributed by atoms with Crippen molar-refractivity contribution in [2.75, 3.05) is 4.90 Å². The normalized spacial score (nSPS) is 10.9. The second-order valence-electron chi connectivity index (χ2n) is 8.73. The number of para-hydroxylation sites is 1. The maximum atomic E-state index is 13.4. The summed E-state index contributed by atoms with van der Waals surface area (Å²) in [7, 11) is 1.74. The van der Waals surface area contributed by atoms with Gasteiger partial charge in [-0.2, -0.15) is 5.10 Å². The van der Waals surface area contributed by atoms with Gasteiger partial charge in [-0.15, -0.1) is 0 Å². The van der Waals surface area contributed by atoms with E-state index < -0.39 is 0 Å². The third-order valence-corrected chi connectivity index (χ3v) is 6.17. The van der Waals surface area contributed by atoms with Crippen LogP contribution in [-0.4, -0.2) is 25.2 Å². The highest BCUT2D eigenvalue weighted by Crippen LogP contribution is 2.21. The summed E-state index contributed by atoms with van der Waals surface area (Å²) in [6, 6.07) is 27.3. The summed E-state index contributed by atoms with van der Waals surface area (Å²) >= 11 is 0. The van der Waals surface area contributed by atoms with Crippen molar-refractivity contribution in [2.24, 2.45) is 7.05 Å². The number of aromatic nitrogens is 4. The number of ether oxygens (including phenoxy) is 1. The standard InChI is InChI=1S/C29H27N5O3/c1-32-28-26(18-31-32)29(36)33(21-30-28)17-16-27(35)34(24-10-6-3-7-11-24)19-22-12-14-25(15-13-22)37-20-23-8-4-2-5-9-23/h2-15,18,21H,16-17,19-20H2,1H3. The average Bonchev–Trinajstić information content (AvgIpc) is 3.33. The van der Waals surface area contributed by atoms with Crippen molar-refractivity contribution in [1.29, 1.82) is 0 Å². The van der Waals surface area contributed by atoms with Gasteiger partial charge in [0.1, 0.15) is 17.7 Å². The maximum Gasteiger partial charge on any atom is 0.264 e. The maximum absolute atomic E-state index is 13.4. The molecule has 186 valence electrons. The average molecular weight is 494 g/mol. The van der Waals surface area contributed by atoms with E-state index in [2.05, 4.69) is 10.1 Å². The highest BCUT2D eigenvalue weighted by molar-refractivity contribution is 5.93. The number of rotatable bonds is 9. The first-order valence-corrected chi connectivity index (χ1v) is 12.1. The van der Waals surface area contributed by atoms with Gasteiger partial charge in [0.25, 0.3) is 5.56 Å². The molecule has 0 radical (unpaired) electrons. The zero-order valence-corrected chi connectivity index (χ0v) is 20.5. The lowest BCUT2D eigenvalue weighted by atomic mass is 10.1.